The van der Waals surface area contributed by atoms with Crippen molar-refractivity contribution < 1.29 is 14.2 Å². The minimum absolute atomic E-state index is 0.658. The van der Waals surface area contributed by atoms with Crippen LogP contribution in [0.5, 0.6) is 11.5 Å². The third-order valence-corrected chi connectivity index (χ3v) is 3.94. The van der Waals surface area contributed by atoms with Gasteiger partial charge in [0.15, 0.2) is 16.6 Å². The van der Waals surface area contributed by atoms with E-state index >= 15 is 0 Å². The zero-order valence-electron chi connectivity index (χ0n) is 13.5. The molecule has 0 saturated heterocycles. The van der Waals surface area contributed by atoms with E-state index in [0.717, 1.165) is 46.2 Å². The standard InChI is InChI=1S/C16H24N2O3S/c1-4-7-20-13-10-12-15(11-14(13)21-8-5-2)22-16(18-12)17-6-9-19-3/h10-11H,4-9H2,1-3H3,(H,17,18). The molecule has 0 radical (unpaired) electrons. The minimum atomic E-state index is 0.658. The van der Waals surface area contributed by atoms with E-state index in [1.807, 2.05) is 12.1 Å². The first-order chi connectivity index (χ1) is 10.8. The van der Waals surface area contributed by atoms with Crippen molar-refractivity contribution in [3.8, 4) is 11.5 Å². The quantitative estimate of drug-likeness (QED) is 0.671. The SMILES string of the molecule is CCCOc1cc2nc(NCCOC)sc2cc1OCCC. The summed E-state index contributed by atoms with van der Waals surface area (Å²) in [5.74, 6) is 1.58. The zero-order valence-corrected chi connectivity index (χ0v) is 14.3. The van der Waals surface area contributed by atoms with Crippen LogP contribution in [0.4, 0.5) is 5.13 Å². The largest absolute Gasteiger partial charge is 0.490 e. The van der Waals surface area contributed by atoms with E-state index in [1.54, 1.807) is 18.4 Å². The Labute approximate surface area is 135 Å². The highest BCUT2D eigenvalue weighted by molar-refractivity contribution is 7.22. The number of aromatic nitrogens is 1. The van der Waals surface area contributed by atoms with Gasteiger partial charge in [0.2, 0.25) is 0 Å². The molecule has 0 unspecified atom stereocenters. The first-order valence-electron chi connectivity index (χ1n) is 7.71. The molecule has 1 N–H and O–H groups in total. The second kappa shape index (κ2) is 8.80. The van der Waals surface area contributed by atoms with Crippen LogP contribution in [0.1, 0.15) is 26.7 Å². The lowest BCUT2D eigenvalue weighted by molar-refractivity contribution is 0.211. The Morgan fingerprint density at radius 1 is 1.05 bits per heavy atom. The third kappa shape index (κ3) is 4.48. The number of anilines is 1. The maximum absolute atomic E-state index is 5.81. The van der Waals surface area contributed by atoms with Gasteiger partial charge in [-0.3, -0.25) is 0 Å². The van der Waals surface area contributed by atoms with Gasteiger partial charge < -0.3 is 19.5 Å². The van der Waals surface area contributed by atoms with Crippen molar-refractivity contribution in [2.45, 2.75) is 26.7 Å². The van der Waals surface area contributed by atoms with E-state index in [9.17, 15) is 0 Å². The summed E-state index contributed by atoms with van der Waals surface area (Å²) in [5.41, 5.74) is 0.930. The van der Waals surface area contributed by atoms with Gasteiger partial charge in [0.25, 0.3) is 0 Å². The molecule has 0 spiro atoms. The Kier molecular flexibility index (Phi) is 6.74. The smallest absolute Gasteiger partial charge is 0.183 e. The molecule has 0 bridgehead atoms. The molecule has 0 atom stereocenters. The molecule has 1 aromatic carbocycles. The first kappa shape index (κ1) is 16.8. The number of benzene rings is 1. The molecule has 0 aliphatic rings. The maximum atomic E-state index is 5.81. The molecule has 122 valence electrons. The summed E-state index contributed by atoms with van der Waals surface area (Å²) >= 11 is 1.61. The average Bonchev–Trinajstić information content (AvgIpc) is 2.92. The molecule has 2 aromatic rings. The predicted octanol–water partition coefficient (Wildman–Crippen LogP) is 3.93. The van der Waals surface area contributed by atoms with Crippen LogP contribution in [-0.2, 0) is 4.74 Å². The molecule has 0 aliphatic carbocycles. The molecule has 0 aliphatic heterocycles. The number of methoxy groups -OCH3 is 1. The Morgan fingerprint density at radius 2 is 1.73 bits per heavy atom. The van der Waals surface area contributed by atoms with Gasteiger partial charge in [-0.25, -0.2) is 4.98 Å². The number of hydrogen-bond donors (Lipinski definition) is 1. The highest BCUT2D eigenvalue weighted by Crippen LogP contribution is 2.36. The number of rotatable bonds is 10. The number of hydrogen-bond acceptors (Lipinski definition) is 6. The van der Waals surface area contributed by atoms with Crippen LogP contribution in [0.25, 0.3) is 10.2 Å². The molecule has 0 saturated carbocycles. The minimum Gasteiger partial charge on any atom is -0.490 e. The van der Waals surface area contributed by atoms with Crippen LogP contribution >= 0.6 is 11.3 Å². The fraction of sp³-hybridized carbons (Fsp3) is 0.562. The summed E-state index contributed by atoms with van der Waals surface area (Å²) in [7, 11) is 1.69. The second-order valence-corrected chi connectivity index (χ2v) is 5.93. The summed E-state index contributed by atoms with van der Waals surface area (Å²) in [6.45, 7) is 6.95. The first-order valence-corrected chi connectivity index (χ1v) is 8.53. The fourth-order valence-electron chi connectivity index (χ4n) is 1.92. The monoisotopic (exact) mass is 324 g/mol. The highest BCUT2D eigenvalue weighted by Gasteiger charge is 2.11. The van der Waals surface area contributed by atoms with Gasteiger partial charge in [0, 0.05) is 25.8 Å². The van der Waals surface area contributed by atoms with Crippen LogP contribution in [-0.4, -0.2) is 38.5 Å². The van der Waals surface area contributed by atoms with Gasteiger partial charge in [0.05, 0.1) is 30.0 Å². The Hall–Kier alpha value is -1.53. The number of fused-ring (bicyclic) bond motifs is 1. The summed E-state index contributed by atoms with van der Waals surface area (Å²) in [4.78, 5) is 4.59. The zero-order chi connectivity index (χ0) is 15.8. The van der Waals surface area contributed by atoms with Crippen LogP contribution in [0.2, 0.25) is 0 Å². The molecule has 2 rings (SSSR count). The summed E-state index contributed by atoms with van der Waals surface area (Å²) in [6.07, 6.45) is 1.93. The maximum Gasteiger partial charge on any atom is 0.183 e. The van der Waals surface area contributed by atoms with Crippen molar-refractivity contribution in [2.24, 2.45) is 0 Å². The van der Waals surface area contributed by atoms with Crippen molar-refractivity contribution in [3.05, 3.63) is 12.1 Å². The summed E-state index contributed by atoms with van der Waals surface area (Å²) in [6, 6.07) is 3.99. The summed E-state index contributed by atoms with van der Waals surface area (Å²) < 4.78 is 17.7. The fourth-order valence-corrected chi connectivity index (χ4v) is 2.82. The third-order valence-electron chi connectivity index (χ3n) is 2.96. The van der Waals surface area contributed by atoms with E-state index < -0.39 is 0 Å². The highest BCUT2D eigenvalue weighted by atomic mass is 32.1. The predicted molar refractivity (Wildman–Crippen MR) is 91.6 cm³/mol. The lowest BCUT2D eigenvalue weighted by Gasteiger charge is -2.11. The normalized spacial score (nSPS) is 10.9. The van der Waals surface area contributed by atoms with Gasteiger partial charge >= 0.3 is 0 Å². The van der Waals surface area contributed by atoms with E-state index in [1.165, 1.54) is 0 Å². The Balaban J connectivity index is 2.22. The average molecular weight is 324 g/mol. The molecular weight excluding hydrogens is 300 g/mol. The Bertz CT molecular complexity index is 541. The van der Waals surface area contributed by atoms with Crippen molar-refractivity contribution in [3.63, 3.8) is 0 Å². The van der Waals surface area contributed by atoms with Crippen LogP contribution in [0.3, 0.4) is 0 Å². The van der Waals surface area contributed by atoms with Crippen LogP contribution in [0, 0.1) is 0 Å². The van der Waals surface area contributed by atoms with Crippen molar-refractivity contribution in [1.82, 2.24) is 4.98 Å². The molecule has 6 heteroatoms. The van der Waals surface area contributed by atoms with Crippen molar-refractivity contribution in [1.29, 1.82) is 0 Å². The number of thiazole rings is 1. The Morgan fingerprint density at radius 3 is 2.36 bits per heavy atom. The van der Waals surface area contributed by atoms with E-state index in [4.69, 9.17) is 14.2 Å². The number of nitrogens with one attached hydrogen (secondary N) is 1. The van der Waals surface area contributed by atoms with Gasteiger partial charge in [-0.05, 0) is 12.8 Å². The lowest BCUT2D eigenvalue weighted by Crippen LogP contribution is -2.06. The molecule has 1 heterocycles. The van der Waals surface area contributed by atoms with Crippen molar-refractivity contribution >= 4 is 26.7 Å². The van der Waals surface area contributed by atoms with E-state index in [0.29, 0.717) is 19.8 Å². The molecular formula is C16H24N2O3S. The van der Waals surface area contributed by atoms with Crippen LogP contribution < -0.4 is 14.8 Å². The lowest BCUT2D eigenvalue weighted by atomic mass is 10.3. The topological polar surface area (TPSA) is 52.6 Å². The molecule has 0 fully saturated rings. The molecule has 1 aromatic heterocycles. The molecule has 22 heavy (non-hydrogen) atoms. The number of ether oxygens (including phenoxy) is 3. The summed E-state index contributed by atoms with van der Waals surface area (Å²) in [5, 5.41) is 4.15. The second-order valence-electron chi connectivity index (χ2n) is 4.90. The van der Waals surface area contributed by atoms with E-state index in [-0.39, 0.29) is 0 Å². The van der Waals surface area contributed by atoms with Gasteiger partial charge in [-0.1, -0.05) is 25.2 Å². The van der Waals surface area contributed by atoms with Gasteiger partial charge in [-0.2, -0.15) is 0 Å². The van der Waals surface area contributed by atoms with Gasteiger partial charge in [0.1, 0.15) is 0 Å². The van der Waals surface area contributed by atoms with Crippen LogP contribution in [0.15, 0.2) is 12.1 Å². The van der Waals surface area contributed by atoms with Crippen molar-refractivity contribution in [2.75, 3.05) is 38.8 Å². The molecule has 0 amide bonds. The van der Waals surface area contributed by atoms with E-state index in [2.05, 4.69) is 24.1 Å². The molecule has 5 nitrogen and oxygen atoms in total. The van der Waals surface area contributed by atoms with Gasteiger partial charge in [-0.15, -0.1) is 0 Å². The number of nitrogens with zero attached hydrogens (tertiary/aromatic N) is 1.